The molecule has 2 aromatic carbocycles. The standard InChI is InChI=1S/C25H28N2O5/c1-17(2)31-13-6-11-27-24(29)20-10-9-19(15-21(20)25(27)30)23(28)26-12-14-32-22(16-26)18-7-4-3-5-8-18/h3-5,7-10,15,17,22H,6,11-14,16H2,1-2H3/t22-/m0/s1. The van der Waals surface area contributed by atoms with E-state index >= 15 is 0 Å². The molecule has 4 rings (SSSR count). The lowest BCUT2D eigenvalue weighted by Crippen LogP contribution is -2.42. The third-order valence-electron chi connectivity index (χ3n) is 5.72. The van der Waals surface area contributed by atoms with Gasteiger partial charge in [-0.2, -0.15) is 0 Å². The van der Waals surface area contributed by atoms with E-state index in [9.17, 15) is 14.4 Å². The smallest absolute Gasteiger partial charge is 0.261 e. The monoisotopic (exact) mass is 436 g/mol. The molecule has 1 atom stereocenters. The largest absolute Gasteiger partial charge is 0.379 e. The summed E-state index contributed by atoms with van der Waals surface area (Å²) in [6.07, 6.45) is 0.492. The van der Waals surface area contributed by atoms with E-state index in [4.69, 9.17) is 9.47 Å². The van der Waals surface area contributed by atoms with Crippen molar-refractivity contribution in [3.05, 3.63) is 70.8 Å². The Morgan fingerprint density at radius 2 is 1.84 bits per heavy atom. The van der Waals surface area contributed by atoms with Crippen LogP contribution in [0.2, 0.25) is 0 Å². The van der Waals surface area contributed by atoms with E-state index in [2.05, 4.69) is 0 Å². The Balaban J connectivity index is 1.45. The molecule has 168 valence electrons. The Kier molecular flexibility index (Phi) is 6.67. The van der Waals surface area contributed by atoms with Crippen molar-refractivity contribution in [2.24, 2.45) is 0 Å². The first-order chi connectivity index (χ1) is 15.5. The molecule has 2 aliphatic rings. The molecule has 0 aliphatic carbocycles. The molecule has 2 heterocycles. The van der Waals surface area contributed by atoms with Crippen molar-refractivity contribution in [2.75, 3.05) is 32.8 Å². The number of rotatable bonds is 7. The molecule has 32 heavy (non-hydrogen) atoms. The zero-order valence-corrected chi connectivity index (χ0v) is 18.5. The zero-order valence-electron chi connectivity index (χ0n) is 18.5. The Morgan fingerprint density at radius 1 is 1.09 bits per heavy atom. The van der Waals surface area contributed by atoms with Gasteiger partial charge in [0.05, 0.1) is 30.4 Å². The summed E-state index contributed by atoms with van der Waals surface area (Å²) in [5.74, 6) is -0.835. The molecule has 7 nitrogen and oxygen atoms in total. The van der Waals surface area contributed by atoms with Crippen LogP contribution in [0.15, 0.2) is 48.5 Å². The van der Waals surface area contributed by atoms with E-state index in [1.807, 2.05) is 44.2 Å². The molecule has 0 radical (unpaired) electrons. The van der Waals surface area contributed by atoms with Crippen LogP contribution in [0.5, 0.6) is 0 Å². The van der Waals surface area contributed by atoms with Gasteiger partial charge in [-0.25, -0.2) is 0 Å². The third-order valence-corrected chi connectivity index (χ3v) is 5.72. The van der Waals surface area contributed by atoms with Crippen LogP contribution in [0, 0.1) is 0 Å². The molecule has 2 aromatic rings. The van der Waals surface area contributed by atoms with Crippen molar-refractivity contribution in [2.45, 2.75) is 32.5 Å². The second-order valence-corrected chi connectivity index (χ2v) is 8.32. The van der Waals surface area contributed by atoms with E-state index < -0.39 is 0 Å². The first-order valence-electron chi connectivity index (χ1n) is 11.0. The zero-order chi connectivity index (χ0) is 22.7. The average molecular weight is 437 g/mol. The van der Waals surface area contributed by atoms with Crippen LogP contribution in [0.1, 0.15) is 63.0 Å². The van der Waals surface area contributed by atoms with Gasteiger partial charge >= 0.3 is 0 Å². The number of benzene rings is 2. The minimum atomic E-state index is -0.353. The maximum atomic E-state index is 13.2. The highest BCUT2D eigenvalue weighted by atomic mass is 16.5. The Bertz CT molecular complexity index is 1000. The van der Waals surface area contributed by atoms with Crippen molar-refractivity contribution in [1.29, 1.82) is 0 Å². The van der Waals surface area contributed by atoms with Gasteiger partial charge in [0.2, 0.25) is 0 Å². The van der Waals surface area contributed by atoms with E-state index in [0.29, 0.717) is 56.0 Å². The Hall–Kier alpha value is -3.03. The normalized spacial score (nSPS) is 18.4. The summed E-state index contributed by atoms with van der Waals surface area (Å²) in [6.45, 7) is 6.02. The minimum absolute atomic E-state index is 0.104. The molecule has 0 unspecified atom stereocenters. The predicted molar refractivity (Wildman–Crippen MR) is 119 cm³/mol. The predicted octanol–water partition coefficient (Wildman–Crippen LogP) is 3.31. The molecule has 0 spiro atoms. The first kappa shape index (κ1) is 22.2. The van der Waals surface area contributed by atoms with Crippen LogP contribution in [0.25, 0.3) is 0 Å². The minimum Gasteiger partial charge on any atom is -0.379 e. The molecule has 0 N–H and O–H groups in total. The molecule has 1 fully saturated rings. The summed E-state index contributed by atoms with van der Waals surface area (Å²) < 4.78 is 11.3. The highest BCUT2D eigenvalue weighted by molar-refractivity contribution is 6.22. The number of carbonyl (C=O) groups excluding carboxylic acids is 3. The summed E-state index contributed by atoms with van der Waals surface area (Å²) in [5, 5.41) is 0. The highest BCUT2D eigenvalue weighted by Gasteiger charge is 2.36. The van der Waals surface area contributed by atoms with Crippen LogP contribution in [0.4, 0.5) is 0 Å². The van der Waals surface area contributed by atoms with Gasteiger partial charge in [0, 0.05) is 25.3 Å². The number of carbonyl (C=O) groups is 3. The number of imide groups is 1. The van der Waals surface area contributed by atoms with E-state index in [-0.39, 0.29) is 29.9 Å². The van der Waals surface area contributed by atoms with Crippen LogP contribution in [-0.2, 0) is 9.47 Å². The summed E-state index contributed by atoms with van der Waals surface area (Å²) in [5.41, 5.74) is 2.07. The van der Waals surface area contributed by atoms with Crippen LogP contribution in [0.3, 0.4) is 0 Å². The summed E-state index contributed by atoms with van der Waals surface area (Å²) in [7, 11) is 0. The molecule has 0 bridgehead atoms. The molecule has 7 heteroatoms. The van der Waals surface area contributed by atoms with Crippen molar-refractivity contribution in [1.82, 2.24) is 9.80 Å². The molecule has 1 saturated heterocycles. The average Bonchev–Trinajstić information content (AvgIpc) is 3.06. The second-order valence-electron chi connectivity index (χ2n) is 8.32. The Morgan fingerprint density at radius 3 is 2.59 bits per heavy atom. The number of nitrogens with zero attached hydrogens (tertiary/aromatic N) is 2. The molecule has 0 aromatic heterocycles. The van der Waals surface area contributed by atoms with Crippen LogP contribution >= 0.6 is 0 Å². The van der Waals surface area contributed by atoms with Gasteiger partial charge < -0.3 is 14.4 Å². The van der Waals surface area contributed by atoms with E-state index in [1.165, 1.54) is 4.90 Å². The molecular weight excluding hydrogens is 408 g/mol. The van der Waals surface area contributed by atoms with Crippen LogP contribution < -0.4 is 0 Å². The second kappa shape index (κ2) is 9.63. The van der Waals surface area contributed by atoms with Gasteiger partial charge in [0.15, 0.2) is 0 Å². The highest BCUT2D eigenvalue weighted by Crippen LogP contribution is 2.27. The number of hydrogen-bond donors (Lipinski definition) is 0. The van der Waals surface area contributed by atoms with Crippen molar-refractivity contribution < 1.29 is 23.9 Å². The van der Waals surface area contributed by atoms with Gasteiger partial charge in [-0.05, 0) is 44.0 Å². The number of ether oxygens (including phenoxy) is 2. The van der Waals surface area contributed by atoms with Gasteiger partial charge in [-0.15, -0.1) is 0 Å². The number of hydrogen-bond acceptors (Lipinski definition) is 5. The maximum Gasteiger partial charge on any atom is 0.261 e. The fourth-order valence-electron chi connectivity index (χ4n) is 4.05. The van der Waals surface area contributed by atoms with Crippen molar-refractivity contribution in [3.63, 3.8) is 0 Å². The van der Waals surface area contributed by atoms with Gasteiger partial charge in [0.1, 0.15) is 6.10 Å². The van der Waals surface area contributed by atoms with Crippen LogP contribution in [-0.4, -0.2) is 66.5 Å². The van der Waals surface area contributed by atoms with Gasteiger partial charge in [-0.3, -0.25) is 19.3 Å². The molecule has 2 aliphatic heterocycles. The maximum absolute atomic E-state index is 13.2. The van der Waals surface area contributed by atoms with Gasteiger partial charge in [0.25, 0.3) is 17.7 Å². The fraction of sp³-hybridized carbons (Fsp3) is 0.400. The SMILES string of the molecule is CC(C)OCCCN1C(=O)c2ccc(C(=O)N3CCO[C@H](c4ccccc4)C3)cc2C1=O. The lowest BCUT2D eigenvalue weighted by atomic mass is 10.0. The van der Waals surface area contributed by atoms with E-state index in [0.717, 1.165) is 5.56 Å². The summed E-state index contributed by atoms with van der Waals surface area (Å²) in [6, 6.07) is 14.6. The Labute approximate surface area is 187 Å². The van der Waals surface area contributed by atoms with Crippen molar-refractivity contribution >= 4 is 17.7 Å². The summed E-state index contributed by atoms with van der Waals surface area (Å²) in [4.78, 5) is 41.7. The lowest BCUT2D eigenvalue weighted by Gasteiger charge is -2.33. The lowest BCUT2D eigenvalue weighted by molar-refractivity contribution is -0.0228. The third kappa shape index (κ3) is 4.59. The quantitative estimate of drug-likeness (QED) is 0.492. The fourth-order valence-corrected chi connectivity index (χ4v) is 4.05. The topological polar surface area (TPSA) is 76.2 Å². The molecular formula is C25H28N2O5. The molecule has 3 amide bonds. The number of morpholine rings is 1. The van der Waals surface area contributed by atoms with E-state index in [1.54, 1.807) is 23.1 Å². The summed E-state index contributed by atoms with van der Waals surface area (Å²) >= 11 is 0. The number of amides is 3. The van der Waals surface area contributed by atoms with Crippen molar-refractivity contribution in [3.8, 4) is 0 Å². The first-order valence-corrected chi connectivity index (χ1v) is 11.0. The van der Waals surface area contributed by atoms with Gasteiger partial charge in [-0.1, -0.05) is 30.3 Å². The number of fused-ring (bicyclic) bond motifs is 1. The molecule has 0 saturated carbocycles.